The number of benzene rings is 2. The number of hydrogen-bond donors (Lipinski definition) is 1. The lowest BCUT2D eigenvalue weighted by atomic mass is 9.91. The molecule has 2 aromatic carbocycles. The Morgan fingerprint density at radius 1 is 1.23 bits per heavy atom. The lowest BCUT2D eigenvalue weighted by Crippen LogP contribution is -2.39. The van der Waals surface area contributed by atoms with Gasteiger partial charge in [-0.2, -0.15) is 0 Å². The second-order valence-electron chi connectivity index (χ2n) is 6.58. The normalized spacial score (nSPS) is 17.0. The van der Waals surface area contributed by atoms with Crippen LogP contribution >= 0.6 is 0 Å². The summed E-state index contributed by atoms with van der Waals surface area (Å²) in [5.74, 6) is -0.533. The fourth-order valence-electron chi connectivity index (χ4n) is 3.66. The molecule has 0 aliphatic carbocycles. The average Bonchev–Trinajstić information content (AvgIpc) is 2.64. The second-order valence-corrected chi connectivity index (χ2v) is 6.58. The standard InChI is InChI=1S/C21H24FNO3/c1-2-26-19-9-4-3-8-18(19)20(16-6-5-7-17(22)14-16)23-12-10-15(11-13-23)21(24)25/h3-9,14-15,20H,2,10-13H2,1H3,(H,24,25). The van der Waals surface area contributed by atoms with Crippen molar-refractivity contribution in [2.45, 2.75) is 25.8 Å². The minimum atomic E-state index is -0.735. The summed E-state index contributed by atoms with van der Waals surface area (Å²) in [6.07, 6.45) is 1.19. The summed E-state index contributed by atoms with van der Waals surface area (Å²) in [6.45, 7) is 3.79. The van der Waals surface area contributed by atoms with Crippen LogP contribution in [0.3, 0.4) is 0 Å². The van der Waals surface area contributed by atoms with E-state index in [0.717, 1.165) is 16.9 Å². The first-order chi connectivity index (χ1) is 12.6. The Bertz CT molecular complexity index is 756. The van der Waals surface area contributed by atoms with Gasteiger partial charge in [0.15, 0.2) is 0 Å². The average molecular weight is 357 g/mol. The number of para-hydroxylation sites is 1. The van der Waals surface area contributed by atoms with E-state index >= 15 is 0 Å². The van der Waals surface area contributed by atoms with Gasteiger partial charge >= 0.3 is 5.97 Å². The molecular formula is C21H24FNO3. The van der Waals surface area contributed by atoms with Gasteiger partial charge < -0.3 is 9.84 Å². The molecule has 1 aliphatic rings. The molecule has 2 aromatic rings. The Morgan fingerprint density at radius 3 is 2.62 bits per heavy atom. The van der Waals surface area contributed by atoms with Gasteiger partial charge in [0.25, 0.3) is 0 Å². The molecule has 3 rings (SSSR count). The Kier molecular flexibility index (Phi) is 5.89. The van der Waals surface area contributed by atoms with Crippen molar-refractivity contribution in [1.82, 2.24) is 4.90 Å². The first-order valence-corrected chi connectivity index (χ1v) is 9.04. The number of rotatable bonds is 6. The molecule has 1 aliphatic heterocycles. The molecule has 1 heterocycles. The molecular weight excluding hydrogens is 333 g/mol. The smallest absolute Gasteiger partial charge is 0.306 e. The van der Waals surface area contributed by atoms with Crippen molar-refractivity contribution >= 4 is 5.97 Å². The Hall–Kier alpha value is -2.40. The van der Waals surface area contributed by atoms with Crippen LogP contribution in [0.15, 0.2) is 48.5 Å². The van der Waals surface area contributed by atoms with Crippen molar-refractivity contribution in [3.63, 3.8) is 0 Å². The zero-order valence-electron chi connectivity index (χ0n) is 14.9. The van der Waals surface area contributed by atoms with Crippen LogP contribution in [0.25, 0.3) is 0 Å². The van der Waals surface area contributed by atoms with Crippen LogP contribution in [0.2, 0.25) is 0 Å². The molecule has 5 heteroatoms. The SMILES string of the molecule is CCOc1ccccc1C(c1cccc(F)c1)N1CCC(C(=O)O)CC1. The zero-order chi connectivity index (χ0) is 18.5. The molecule has 1 N–H and O–H groups in total. The van der Waals surface area contributed by atoms with Crippen molar-refractivity contribution in [3.05, 3.63) is 65.5 Å². The van der Waals surface area contributed by atoms with Crippen LogP contribution in [0.4, 0.5) is 4.39 Å². The summed E-state index contributed by atoms with van der Waals surface area (Å²) in [5.41, 5.74) is 1.83. The maximum atomic E-state index is 13.9. The largest absolute Gasteiger partial charge is 0.494 e. The third kappa shape index (κ3) is 4.05. The third-order valence-corrected chi connectivity index (χ3v) is 4.92. The highest BCUT2D eigenvalue weighted by atomic mass is 19.1. The molecule has 1 fully saturated rings. The Morgan fingerprint density at radius 2 is 1.96 bits per heavy atom. The van der Waals surface area contributed by atoms with Crippen molar-refractivity contribution in [2.75, 3.05) is 19.7 Å². The van der Waals surface area contributed by atoms with E-state index in [1.807, 2.05) is 37.3 Å². The summed E-state index contributed by atoms with van der Waals surface area (Å²) in [4.78, 5) is 13.5. The summed E-state index contributed by atoms with van der Waals surface area (Å²) >= 11 is 0. The minimum absolute atomic E-state index is 0.164. The van der Waals surface area contributed by atoms with Gasteiger partial charge in [-0.25, -0.2) is 4.39 Å². The molecule has 0 bridgehead atoms. The van der Waals surface area contributed by atoms with E-state index in [0.29, 0.717) is 32.5 Å². The van der Waals surface area contributed by atoms with Gasteiger partial charge in [0.05, 0.1) is 18.6 Å². The molecule has 138 valence electrons. The quantitative estimate of drug-likeness (QED) is 0.845. The van der Waals surface area contributed by atoms with Crippen molar-refractivity contribution < 1.29 is 19.0 Å². The van der Waals surface area contributed by atoms with Crippen LogP contribution < -0.4 is 4.74 Å². The first-order valence-electron chi connectivity index (χ1n) is 9.04. The Labute approximate surface area is 153 Å². The van der Waals surface area contributed by atoms with E-state index in [2.05, 4.69) is 4.90 Å². The molecule has 26 heavy (non-hydrogen) atoms. The number of carboxylic acid groups (broad SMARTS) is 1. The van der Waals surface area contributed by atoms with Gasteiger partial charge in [-0.1, -0.05) is 30.3 Å². The molecule has 0 spiro atoms. The van der Waals surface area contributed by atoms with Gasteiger partial charge in [0, 0.05) is 5.56 Å². The fraction of sp³-hybridized carbons (Fsp3) is 0.381. The number of piperidine rings is 1. The van der Waals surface area contributed by atoms with Gasteiger partial charge in [-0.05, 0) is 56.6 Å². The highest BCUT2D eigenvalue weighted by Crippen LogP contribution is 2.37. The number of aliphatic carboxylic acids is 1. The number of carbonyl (C=O) groups is 1. The van der Waals surface area contributed by atoms with Crippen LogP contribution in [0, 0.1) is 11.7 Å². The lowest BCUT2D eigenvalue weighted by molar-refractivity contribution is -0.143. The number of ether oxygens (including phenoxy) is 1. The monoisotopic (exact) mass is 357 g/mol. The van der Waals surface area contributed by atoms with Gasteiger partial charge in [0.2, 0.25) is 0 Å². The molecule has 0 saturated carbocycles. The van der Waals surface area contributed by atoms with E-state index < -0.39 is 5.97 Å². The Balaban J connectivity index is 1.97. The topological polar surface area (TPSA) is 49.8 Å². The van der Waals surface area contributed by atoms with Crippen LogP contribution in [-0.4, -0.2) is 35.7 Å². The lowest BCUT2D eigenvalue weighted by Gasteiger charge is -2.37. The number of hydrogen-bond acceptors (Lipinski definition) is 3. The molecule has 0 amide bonds. The third-order valence-electron chi connectivity index (χ3n) is 4.92. The van der Waals surface area contributed by atoms with Gasteiger partial charge in [-0.15, -0.1) is 0 Å². The molecule has 1 unspecified atom stereocenters. The van der Waals surface area contributed by atoms with E-state index in [-0.39, 0.29) is 17.8 Å². The van der Waals surface area contributed by atoms with Gasteiger partial charge in [-0.3, -0.25) is 9.69 Å². The molecule has 0 radical (unpaired) electrons. The molecule has 1 saturated heterocycles. The first kappa shape index (κ1) is 18.4. The number of carboxylic acids is 1. The van der Waals surface area contributed by atoms with Crippen LogP contribution in [0.5, 0.6) is 5.75 Å². The fourth-order valence-corrected chi connectivity index (χ4v) is 3.66. The predicted molar refractivity (Wildman–Crippen MR) is 97.8 cm³/mol. The summed E-state index contributed by atoms with van der Waals surface area (Å²) in [6, 6.07) is 14.3. The van der Waals surface area contributed by atoms with Gasteiger partial charge in [0.1, 0.15) is 11.6 Å². The number of likely N-dealkylation sites (tertiary alicyclic amines) is 1. The molecule has 4 nitrogen and oxygen atoms in total. The van der Waals surface area contributed by atoms with E-state index in [4.69, 9.17) is 4.74 Å². The predicted octanol–water partition coefficient (Wildman–Crippen LogP) is 4.11. The molecule has 0 aromatic heterocycles. The van der Waals surface area contributed by atoms with Crippen molar-refractivity contribution in [2.24, 2.45) is 5.92 Å². The highest BCUT2D eigenvalue weighted by molar-refractivity contribution is 5.70. The zero-order valence-corrected chi connectivity index (χ0v) is 14.9. The van der Waals surface area contributed by atoms with Crippen LogP contribution in [0.1, 0.15) is 36.9 Å². The van der Waals surface area contributed by atoms with Crippen molar-refractivity contribution in [3.8, 4) is 5.75 Å². The second kappa shape index (κ2) is 8.32. The number of nitrogens with zero attached hydrogens (tertiary/aromatic N) is 1. The van der Waals surface area contributed by atoms with E-state index in [1.54, 1.807) is 12.1 Å². The summed E-state index contributed by atoms with van der Waals surface area (Å²) < 4.78 is 19.7. The maximum Gasteiger partial charge on any atom is 0.306 e. The van der Waals surface area contributed by atoms with E-state index in [9.17, 15) is 14.3 Å². The van der Waals surface area contributed by atoms with Crippen LogP contribution in [-0.2, 0) is 4.79 Å². The summed E-state index contributed by atoms with van der Waals surface area (Å²) in [7, 11) is 0. The summed E-state index contributed by atoms with van der Waals surface area (Å²) in [5, 5.41) is 9.26. The highest BCUT2D eigenvalue weighted by Gasteiger charge is 2.31. The molecule has 1 atom stereocenters. The van der Waals surface area contributed by atoms with Crippen molar-refractivity contribution in [1.29, 1.82) is 0 Å². The number of halogens is 1. The minimum Gasteiger partial charge on any atom is -0.494 e. The van der Waals surface area contributed by atoms with E-state index in [1.165, 1.54) is 6.07 Å². The maximum absolute atomic E-state index is 13.9.